The molecule has 0 atom stereocenters. The molecule has 0 saturated carbocycles. The number of hydrogen-bond acceptors (Lipinski definition) is 7. The van der Waals surface area contributed by atoms with Crippen molar-refractivity contribution in [3.63, 3.8) is 0 Å². The number of Topliss-reactive ketones (excluding diaryl/α,β-unsaturated/α-hetero) is 1. The van der Waals surface area contributed by atoms with Crippen LogP contribution in [0.2, 0.25) is 0 Å². The van der Waals surface area contributed by atoms with Gasteiger partial charge in [0.05, 0.1) is 31.0 Å². The van der Waals surface area contributed by atoms with Gasteiger partial charge in [0.25, 0.3) is 11.4 Å². The maximum atomic E-state index is 15.2. The Morgan fingerprint density at radius 3 is 2.41 bits per heavy atom. The summed E-state index contributed by atoms with van der Waals surface area (Å²) in [4.78, 5) is 35.2. The smallest absolute Gasteiger partial charge is 0.266 e. The van der Waals surface area contributed by atoms with Gasteiger partial charge in [-0.3, -0.25) is 19.1 Å². The highest BCUT2D eigenvalue weighted by Gasteiger charge is 2.19. The Labute approximate surface area is 233 Å². The minimum Gasteiger partial charge on any atom is -0.491 e. The SMILES string of the molecule is COc1cc2nccc(Oc3ccc(CC(=O)c4c(C)ccn(-c5ccc(F)cc5C)c4=O)cc3F)c2nc1OC. The Balaban J connectivity index is 1.41. The number of hydrogen-bond donors (Lipinski definition) is 0. The van der Waals surface area contributed by atoms with Crippen LogP contribution in [0.25, 0.3) is 16.7 Å². The quantitative estimate of drug-likeness (QED) is 0.219. The predicted molar refractivity (Wildman–Crippen MR) is 149 cm³/mol. The van der Waals surface area contributed by atoms with Crippen LogP contribution in [0.5, 0.6) is 23.1 Å². The van der Waals surface area contributed by atoms with Crippen molar-refractivity contribution in [1.29, 1.82) is 0 Å². The number of methoxy groups -OCH3 is 2. The largest absolute Gasteiger partial charge is 0.491 e. The molecular formula is C31H25F2N3O5. The molecule has 0 N–H and O–H groups in total. The fourth-order valence-electron chi connectivity index (χ4n) is 4.56. The Kier molecular flexibility index (Phi) is 7.47. The average molecular weight is 558 g/mol. The molecule has 0 saturated heterocycles. The summed E-state index contributed by atoms with van der Waals surface area (Å²) in [5.41, 5.74) is 2.11. The fourth-order valence-corrected chi connectivity index (χ4v) is 4.56. The molecule has 10 heteroatoms. The number of carbonyl (C=O) groups excluding carboxylic acids is 1. The first kappa shape index (κ1) is 27.4. The van der Waals surface area contributed by atoms with Crippen molar-refractivity contribution >= 4 is 16.8 Å². The Morgan fingerprint density at radius 2 is 1.71 bits per heavy atom. The third kappa shape index (κ3) is 5.36. The van der Waals surface area contributed by atoms with Crippen LogP contribution in [0.4, 0.5) is 8.78 Å². The van der Waals surface area contributed by atoms with Crippen LogP contribution in [0.3, 0.4) is 0 Å². The Morgan fingerprint density at radius 1 is 0.902 bits per heavy atom. The fraction of sp³-hybridized carbons (Fsp3) is 0.161. The first-order valence-corrected chi connectivity index (χ1v) is 12.6. The van der Waals surface area contributed by atoms with E-state index in [0.29, 0.717) is 39.2 Å². The minimum atomic E-state index is -0.704. The molecule has 5 aromatic rings. The van der Waals surface area contributed by atoms with Crippen LogP contribution in [-0.4, -0.2) is 34.5 Å². The predicted octanol–water partition coefficient (Wildman–Crippen LogP) is 5.91. The number of halogens is 2. The Hall–Kier alpha value is -5.12. The minimum absolute atomic E-state index is 0.0179. The molecule has 41 heavy (non-hydrogen) atoms. The van der Waals surface area contributed by atoms with Gasteiger partial charge in [-0.2, -0.15) is 0 Å². The topological polar surface area (TPSA) is 92.5 Å². The van der Waals surface area contributed by atoms with E-state index < -0.39 is 23.0 Å². The lowest BCUT2D eigenvalue weighted by atomic mass is 10.00. The number of carbonyl (C=O) groups is 1. The van der Waals surface area contributed by atoms with Gasteiger partial charge in [-0.1, -0.05) is 6.07 Å². The van der Waals surface area contributed by atoms with E-state index in [1.165, 1.54) is 55.3 Å². The zero-order valence-corrected chi connectivity index (χ0v) is 22.7. The molecule has 0 unspecified atom stereocenters. The van der Waals surface area contributed by atoms with Crippen molar-refractivity contribution in [3.05, 3.63) is 111 Å². The summed E-state index contributed by atoms with van der Waals surface area (Å²) in [6, 6.07) is 13.0. The van der Waals surface area contributed by atoms with Crippen LogP contribution in [0.1, 0.15) is 27.0 Å². The second kappa shape index (κ2) is 11.2. The molecule has 8 nitrogen and oxygen atoms in total. The molecule has 0 amide bonds. The molecule has 0 aliphatic carbocycles. The standard InChI is InChI=1S/C31H25F2N3O5/c1-17-10-12-36(23-7-6-20(32)13-18(23)2)31(38)28(17)24(37)15-19-5-8-25(21(33)14-19)41-26-9-11-34-22-16-27(39-3)30(40-4)35-29(22)26/h5-14,16H,15H2,1-4H3. The van der Waals surface area contributed by atoms with Gasteiger partial charge in [-0.15, -0.1) is 0 Å². The van der Waals surface area contributed by atoms with Crippen LogP contribution < -0.4 is 19.8 Å². The second-order valence-corrected chi connectivity index (χ2v) is 9.32. The first-order valence-electron chi connectivity index (χ1n) is 12.6. The van der Waals surface area contributed by atoms with E-state index in [9.17, 15) is 14.0 Å². The number of benzene rings is 2. The lowest BCUT2D eigenvalue weighted by molar-refractivity contribution is 0.0990. The van der Waals surface area contributed by atoms with Gasteiger partial charge in [0, 0.05) is 30.9 Å². The summed E-state index contributed by atoms with van der Waals surface area (Å²) < 4.78 is 46.4. The summed E-state index contributed by atoms with van der Waals surface area (Å²) in [6.07, 6.45) is 2.83. The number of nitrogens with zero attached hydrogens (tertiary/aromatic N) is 3. The summed E-state index contributed by atoms with van der Waals surface area (Å²) in [5.74, 6) is -0.837. The second-order valence-electron chi connectivity index (χ2n) is 9.32. The van der Waals surface area contributed by atoms with Crippen LogP contribution in [0.15, 0.2) is 71.8 Å². The lowest BCUT2D eigenvalue weighted by Gasteiger charge is -2.13. The molecule has 5 rings (SSSR count). The van der Waals surface area contributed by atoms with Gasteiger partial charge < -0.3 is 14.2 Å². The molecule has 3 aromatic heterocycles. The maximum absolute atomic E-state index is 15.2. The van der Waals surface area contributed by atoms with E-state index in [1.807, 2.05) is 0 Å². The van der Waals surface area contributed by atoms with Crippen molar-refractivity contribution < 1.29 is 27.8 Å². The van der Waals surface area contributed by atoms with E-state index in [1.54, 1.807) is 44.3 Å². The molecule has 0 bridgehead atoms. The van der Waals surface area contributed by atoms with Crippen LogP contribution in [-0.2, 0) is 6.42 Å². The number of ketones is 1. The van der Waals surface area contributed by atoms with Crippen LogP contribution in [0, 0.1) is 25.5 Å². The molecule has 0 aliphatic heterocycles. The number of rotatable bonds is 8. The lowest BCUT2D eigenvalue weighted by Crippen LogP contribution is -2.27. The third-order valence-corrected chi connectivity index (χ3v) is 6.60. The zero-order valence-electron chi connectivity index (χ0n) is 22.7. The van der Waals surface area contributed by atoms with Crippen molar-refractivity contribution in [3.8, 4) is 28.8 Å². The highest BCUT2D eigenvalue weighted by atomic mass is 19.1. The molecule has 2 aromatic carbocycles. The van der Waals surface area contributed by atoms with Crippen LogP contribution >= 0.6 is 0 Å². The average Bonchev–Trinajstić information content (AvgIpc) is 2.94. The van der Waals surface area contributed by atoms with E-state index in [-0.39, 0.29) is 29.4 Å². The molecule has 3 heterocycles. The number of fused-ring (bicyclic) bond motifs is 1. The van der Waals surface area contributed by atoms with Gasteiger partial charge in [0.1, 0.15) is 11.3 Å². The monoisotopic (exact) mass is 557 g/mol. The molecular weight excluding hydrogens is 532 g/mol. The summed E-state index contributed by atoms with van der Waals surface area (Å²) in [5, 5.41) is 0. The maximum Gasteiger partial charge on any atom is 0.266 e. The van der Waals surface area contributed by atoms with Gasteiger partial charge in [-0.05, 0) is 66.9 Å². The molecule has 0 radical (unpaired) electrons. The number of aromatic nitrogens is 3. The normalized spacial score (nSPS) is 11.0. The molecule has 208 valence electrons. The van der Waals surface area contributed by atoms with Gasteiger partial charge in [-0.25, -0.2) is 13.8 Å². The Bertz CT molecular complexity index is 1870. The van der Waals surface area contributed by atoms with Crippen molar-refractivity contribution in [2.24, 2.45) is 0 Å². The highest BCUT2D eigenvalue weighted by molar-refractivity contribution is 5.98. The van der Waals surface area contributed by atoms with Gasteiger partial charge >= 0.3 is 0 Å². The first-order chi connectivity index (χ1) is 19.7. The summed E-state index contributed by atoms with van der Waals surface area (Å²) in [6.45, 7) is 3.34. The zero-order chi connectivity index (χ0) is 29.3. The van der Waals surface area contributed by atoms with E-state index in [2.05, 4.69) is 9.97 Å². The van der Waals surface area contributed by atoms with Gasteiger partial charge in [0.15, 0.2) is 28.8 Å². The molecule has 0 aliphatic rings. The summed E-state index contributed by atoms with van der Waals surface area (Å²) in [7, 11) is 2.93. The highest BCUT2D eigenvalue weighted by Crippen LogP contribution is 2.34. The van der Waals surface area contributed by atoms with E-state index >= 15 is 4.39 Å². The number of aryl methyl sites for hydroxylation is 2. The van der Waals surface area contributed by atoms with Gasteiger partial charge in [0.2, 0.25) is 0 Å². The third-order valence-electron chi connectivity index (χ3n) is 6.60. The van der Waals surface area contributed by atoms with Crippen molar-refractivity contribution in [2.45, 2.75) is 20.3 Å². The number of pyridine rings is 3. The van der Waals surface area contributed by atoms with Crippen molar-refractivity contribution in [1.82, 2.24) is 14.5 Å². The molecule has 0 fully saturated rings. The molecule has 0 spiro atoms. The van der Waals surface area contributed by atoms with E-state index in [0.717, 1.165) is 0 Å². The number of ether oxygens (including phenoxy) is 3. The van der Waals surface area contributed by atoms with Crippen molar-refractivity contribution in [2.75, 3.05) is 14.2 Å². The summed E-state index contributed by atoms with van der Waals surface area (Å²) >= 11 is 0. The van der Waals surface area contributed by atoms with E-state index in [4.69, 9.17) is 14.2 Å².